The van der Waals surface area contributed by atoms with Crippen LogP contribution < -0.4 is 0 Å². The van der Waals surface area contributed by atoms with Crippen molar-refractivity contribution in [1.82, 2.24) is 0 Å². The minimum absolute atomic E-state index is 0.192. The summed E-state index contributed by atoms with van der Waals surface area (Å²) in [5, 5.41) is 9.64. The van der Waals surface area contributed by atoms with E-state index in [0.29, 0.717) is 5.92 Å². The summed E-state index contributed by atoms with van der Waals surface area (Å²) < 4.78 is 0. The molecule has 70 valence electrons. The van der Waals surface area contributed by atoms with Gasteiger partial charge in [0, 0.05) is 0 Å². The number of hydrogen-bond acceptors (Lipinski definition) is 1. The molecule has 0 saturated heterocycles. The van der Waals surface area contributed by atoms with Crippen LogP contribution in [0.2, 0.25) is 0 Å². The first-order valence-electron chi connectivity index (χ1n) is 4.84. The Morgan fingerprint density at radius 1 is 1.58 bits per heavy atom. The van der Waals surface area contributed by atoms with Crippen molar-refractivity contribution in [3.05, 3.63) is 11.6 Å². The highest BCUT2D eigenvalue weighted by molar-refractivity contribution is 5.15. The van der Waals surface area contributed by atoms with Crippen LogP contribution in [0.15, 0.2) is 11.6 Å². The van der Waals surface area contributed by atoms with Crippen molar-refractivity contribution in [2.45, 2.75) is 46.6 Å². The zero-order valence-corrected chi connectivity index (χ0v) is 8.59. The number of allylic oxidation sites excluding steroid dienone is 1. The van der Waals surface area contributed by atoms with Crippen molar-refractivity contribution >= 4 is 0 Å². The van der Waals surface area contributed by atoms with E-state index in [1.165, 1.54) is 0 Å². The lowest BCUT2D eigenvalue weighted by atomic mass is 9.69. The molecule has 1 unspecified atom stereocenters. The molecule has 1 rings (SSSR count). The average molecular weight is 168 g/mol. The average Bonchev–Trinajstić information content (AvgIpc) is 1.96. The van der Waals surface area contributed by atoms with Gasteiger partial charge in [0.1, 0.15) is 0 Å². The van der Waals surface area contributed by atoms with Crippen LogP contribution in [0, 0.1) is 11.3 Å². The first-order valence-corrected chi connectivity index (χ1v) is 4.84. The zero-order valence-electron chi connectivity index (χ0n) is 8.59. The lowest BCUT2D eigenvalue weighted by molar-refractivity contribution is 0.116. The monoisotopic (exact) mass is 168 g/mol. The lowest BCUT2D eigenvalue weighted by Crippen LogP contribution is -2.31. The lowest BCUT2D eigenvalue weighted by Gasteiger charge is -2.38. The van der Waals surface area contributed by atoms with Crippen molar-refractivity contribution in [3.63, 3.8) is 0 Å². The Labute approximate surface area is 75.5 Å². The van der Waals surface area contributed by atoms with Crippen LogP contribution in [0.3, 0.4) is 0 Å². The standard InChI is InChI=1S/C11H20O/c1-5-9-6-10(12)8(2)7-11(9,3)4/h7,9-10,12H,5-6H2,1-4H3/t9-,10?/m0/s1. The van der Waals surface area contributed by atoms with Crippen LogP contribution >= 0.6 is 0 Å². The van der Waals surface area contributed by atoms with Crippen LogP contribution in [0.5, 0.6) is 0 Å². The third-order valence-electron chi connectivity index (χ3n) is 3.18. The van der Waals surface area contributed by atoms with Gasteiger partial charge in [-0.15, -0.1) is 0 Å². The van der Waals surface area contributed by atoms with E-state index in [1.807, 2.05) is 6.92 Å². The molecule has 0 aliphatic heterocycles. The summed E-state index contributed by atoms with van der Waals surface area (Å²) in [5.41, 5.74) is 1.42. The van der Waals surface area contributed by atoms with Crippen molar-refractivity contribution in [2.24, 2.45) is 11.3 Å². The molecule has 0 bridgehead atoms. The molecule has 0 aromatic carbocycles. The molecule has 1 aliphatic rings. The first kappa shape index (κ1) is 9.79. The van der Waals surface area contributed by atoms with E-state index in [9.17, 15) is 5.11 Å². The molecule has 0 fully saturated rings. The highest BCUT2D eigenvalue weighted by atomic mass is 16.3. The Morgan fingerprint density at radius 3 is 2.67 bits per heavy atom. The molecule has 0 radical (unpaired) electrons. The van der Waals surface area contributed by atoms with Crippen LogP contribution in [0.1, 0.15) is 40.5 Å². The highest BCUT2D eigenvalue weighted by Gasteiger charge is 2.32. The fourth-order valence-corrected chi connectivity index (χ4v) is 2.25. The SMILES string of the molecule is CC[C@H]1CC(O)C(C)=CC1(C)C. The second-order valence-electron chi connectivity index (χ2n) is 4.57. The maximum Gasteiger partial charge on any atom is 0.0750 e. The second kappa shape index (κ2) is 3.21. The Morgan fingerprint density at radius 2 is 2.17 bits per heavy atom. The van der Waals surface area contributed by atoms with Crippen molar-refractivity contribution in [2.75, 3.05) is 0 Å². The largest absolute Gasteiger partial charge is 0.389 e. The van der Waals surface area contributed by atoms with Crippen molar-refractivity contribution in [3.8, 4) is 0 Å². The predicted molar refractivity (Wildman–Crippen MR) is 51.9 cm³/mol. The Hall–Kier alpha value is -0.300. The van der Waals surface area contributed by atoms with Gasteiger partial charge in [-0.05, 0) is 30.3 Å². The van der Waals surface area contributed by atoms with Crippen molar-refractivity contribution in [1.29, 1.82) is 0 Å². The minimum atomic E-state index is -0.192. The van der Waals surface area contributed by atoms with Gasteiger partial charge in [-0.2, -0.15) is 0 Å². The topological polar surface area (TPSA) is 20.2 Å². The summed E-state index contributed by atoms with van der Waals surface area (Å²) >= 11 is 0. The summed E-state index contributed by atoms with van der Waals surface area (Å²) in [6.45, 7) is 8.75. The molecule has 1 heteroatoms. The molecule has 2 atom stereocenters. The summed E-state index contributed by atoms with van der Waals surface area (Å²) in [7, 11) is 0. The third-order valence-corrected chi connectivity index (χ3v) is 3.18. The molecular weight excluding hydrogens is 148 g/mol. The zero-order chi connectivity index (χ0) is 9.35. The van der Waals surface area contributed by atoms with Gasteiger partial charge in [0.05, 0.1) is 6.10 Å². The van der Waals surface area contributed by atoms with Crippen molar-refractivity contribution < 1.29 is 5.11 Å². The molecule has 0 aromatic heterocycles. The predicted octanol–water partition coefficient (Wildman–Crippen LogP) is 2.75. The molecule has 1 N–H and O–H groups in total. The van der Waals surface area contributed by atoms with Gasteiger partial charge in [-0.3, -0.25) is 0 Å². The summed E-state index contributed by atoms with van der Waals surface area (Å²) in [4.78, 5) is 0. The maximum absolute atomic E-state index is 9.64. The molecule has 0 saturated carbocycles. The van der Waals surface area contributed by atoms with E-state index in [0.717, 1.165) is 18.4 Å². The van der Waals surface area contributed by atoms with E-state index < -0.39 is 0 Å². The number of hydrogen-bond donors (Lipinski definition) is 1. The van der Waals surface area contributed by atoms with Gasteiger partial charge in [-0.25, -0.2) is 0 Å². The highest BCUT2D eigenvalue weighted by Crippen LogP contribution is 2.40. The van der Waals surface area contributed by atoms with E-state index in [2.05, 4.69) is 26.8 Å². The van der Waals surface area contributed by atoms with Gasteiger partial charge in [0.15, 0.2) is 0 Å². The molecule has 0 heterocycles. The second-order valence-corrected chi connectivity index (χ2v) is 4.57. The fourth-order valence-electron chi connectivity index (χ4n) is 2.25. The Kier molecular flexibility index (Phi) is 2.62. The van der Waals surface area contributed by atoms with E-state index in [4.69, 9.17) is 0 Å². The van der Waals surface area contributed by atoms with E-state index in [1.54, 1.807) is 0 Å². The summed E-state index contributed by atoms with van der Waals surface area (Å²) in [5.74, 6) is 0.635. The quantitative estimate of drug-likeness (QED) is 0.597. The maximum atomic E-state index is 9.64. The van der Waals surface area contributed by atoms with Gasteiger partial charge < -0.3 is 5.11 Å². The molecule has 1 aliphatic carbocycles. The number of aliphatic hydroxyl groups excluding tert-OH is 1. The normalized spacial score (nSPS) is 34.6. The smallest absolute Gasteiger partial charge is 0.0750 e. The van der Waals surface area contributed by atoms with Crippen LogP contribution in [0.4, 0.5) is 0 Å². The molecule has 0 spiro atoms. The van der Waals surface area contributed by atoms with E-state index >= 15 is 0 Å². The third kappa shape index (κ3) is 1.71. The Bertz CT molecular complexity index is 191. The minimum Gasteiger partial charge on any atom is -0.389 e. The fraction of sp³-hybridized carbons (Fsp3) is 0.818. The van der Waals surface area contributed by atoms with Crippen LogP contribution in [-0.2, 0) is 0 Å². The number of rotatable bonds is 1. The number of aliphatic hydroxyl groups is 1. The molecular formula is C11H20O. The summed E-state index contributed by atoms with van der Waals surface area (Å²) in [6, 6.07) is 0. The molecule has 0 aromatic rings. The van der Waals surface area contributed by atoms with E-state index in [-0.39, 0.29) is 11.5 Å². The molecule has 0 amide bonds. The van der Waals surface area contributed by atoms with Gasteiger partial charge in [-0.1, -0.05) is 33.3 Å². The van der Waals surface area contributed by atoms with Crippen LogP contribution in [-0.4, -0.2) is 11.2 Å². The van der Waals surface area contributed by atoms with Gasteiger partial charge in [0.25, 0.3) is 0 Å². The Balaban J connectivity index is 2.86. The molecule has 1 nitrogen and oxygen atoms in total. The van der Waals surface area contributed by atoms with Gasteiger partial charge in [0.2, 0.25) is 0 Å². The molecule has 12 heavy (non-hydrogen) atoms. The van der Waals surface area contributed by atoms with Crippen LogP contribution in [0.25, 0.3) is 0 Å². The first-order chi connectivity index (χ1) is 5.47. The van der Waals surface area contributed by atoms with Gasteiger partial charge >= 0.3 is 0 Å². The summed E-state index contributed by atoms with van der Waals surface area (Å²) in [6.07, 6.45) is 4.14.